The molecule has 0 saturated heterocycles. The summed E-state index contributed by atoms with van der Waals surface area (Å²) in [5.41, 5.74) is 6.78. The number of halogens is 1. The molecule has 3 aromatic rings. The highest BCUT2D eigenvalue weighted by molar-refractivity contribution is 7.13. The first-order valence-electron chi connectivity index (χ1n) is 8.62. The molecule has 7 nitrogen and oxygen atoms in total. The van der Waals surface area contributed by atoms with Crippen LogP contribution in [-0.2, 0) is 4.79 Å². The van der Waals surface area contributed by atoms with E-state index in [4.69, 9.17) is 17.3 Å². The number of primary amides is 1. The Labute approximate surface area is 175 Å². The molecule has 1 aromatic heterocycles. The first-order chi connectivity index (χ1) is 13.9. The largest absolute Gasteiger partial charge is 0.370 e. The molecular weight excluding hydrogens is 412 g/mol. The summed E-state index contributed by atoms with van der Waals surface area (Å²) in [7, 11) is 0. The van der Waals surface area contributed by atoms with Gasteiger partial charge < -0.3 is 16.4 Å². The number of aromatic nitrogens is 1. The minimum atomic E-state index is -0.507. The maximum atomic E-state index is 12.6. The Balaban J connectivity index is 1.72. The normalized spacial score (nSPS) is 10.4. The molecule has 148 valence electrons. The number of rotatable bonds is 7. The van der Waals surface area contributed by atoms with Crippen LogP contribution in [0.1, 0.15) is 27.3 Å². The van der Waals surface area contributed by atoms with Gasteiger partial charge in [0.1, 0.15) is 10.7 Å². The first-order valence-corrected chi connectivity index (χ1v) is 9.88. The highest BCUT2D eigenvalue weighted by atomic mass is 35.5. The van der Waals surface area contributed by atoms with Gasteiger partial charge in [-0.2, -0.15) is 0 Å². The minimum absolute atomic E-state index is 0.0343. The topological polar surface area (TPSA) is 114 Å². The van der Waals surface area contributed by atoms with E-state index >= 15 is 0 Å². The fraction of sp³-hybridized carbons (Fsp3) is 0.100. The molecule has 3 amide bonds. The summed E-state index contributed by atoms with van der Waals surface area (Å²) in [6.07, 6.45) is 0.0343. The third-order valence-electron chi connectivity index (χ3n) is 3.90. The second-order valence-corrected chi connectivity index (χ2v) is 7.31. The zero-order chi connectivity index (χ0) is 20.8. The molecule has 0 unspecified atom stereocenters. The van der Waals surface area contributed by atoms with Gasteiger partial charge in [-0.15, -0.1) is 11.3 Å². The molecule has 4 N–H and O–H groups in total. The molecule has 0 aliphatic carbocycles. The van der Waals surface area contributed by atoms with Crippen molar-refractivity contribution in [3.63, 3.8) is 0 Å². The molecule has 0 atom stereocenters. The average molecular weight is 429 g/mol. The number of anilines is 1. The lowest BCUT2D eigenvalue weighted by Crippen LogP contribution is -2.28. The monoisotopic (exact) mass is 428 g/mol. The van der Waals surface area contributed by atoms with Crippen molar-refractivity contribution in [2.45, 2.75) is 6.42 Å². The zero-order valence-electron chi connectivity index (χ0n) is 15.1. The van der Waals surface area contributed by atoms with Crippen LogP contribution in [0.2, 0.25) is 5.02 Å². The number of hydrogen-bond donors (Lipinski definition) is 3. The van der Waals surface area contributed by atoms with Crippen molar-refractivity contribution in [1.82, 2.24) is 10.3 Å². The standard InChI is InChI=1S/C20H17ClN4O3S/c21-13-7-5-12(6-8-13)20-25-16(11-29-20)19(28)24-15-4-2-1-3-14(15)18(27)23-10-9-17(22)26/h1-8,11H,9-10H2,(H2,22,26)(H,23,27)(H,24,28). The van der Waals surface area contributed by atoms with Gasteiger partial charge in [-0.25, -0.2) is 4.98 Å². The van der Waals surface area contributed by atoms with Crippen molar-refractivity contribution >= 4 is 46.3 Å². The van der Waals surface area contributed by atoms with Crippen LogP contribution in [0.15, 0.2) is 53.9 Å². The van der Waals surface area contributed by atoms with Gasteiger partial charge in [-0.1, -0.05) is 35.9 Å². The van der Waals surface area contributed by atoms with Crippen LogP contribution in [0.3, 0.4) is 0 Å². The molecule has 2 aromatic carbocycles. The third-order valence-corrected chi connectivity index (χ3v) is 5.05. The molecule has 0 aliphatic rings. The van der Waals surface area contributed by atoms with Gasteiger partial charge in [-0.05, 0) is 24.3 Å². The van der Waals surface area contributed by atoms with Crippen LogP contribution in [0.25, 0.3) is 10.6 Å². The molecule has 29 heavy (non-hydrogen) atoms. The average Bonchev–Trinajstić information content (AvgIpc) is 3.19. The van der Waals surface area contributed by atoms with Gasteiger partial charge in [0, 0.05) is 28.9 Å². The molecule has 9 heteroatoms. The Morgan fingerprint density at radius 1 is 1.03 bits per heavy atom. The van der Waals surface area contributed by atoms with E-state index in [2.05, 4.69) is 15.6 Å². The molecule has 0 bridgehead atoms. The number of benzene rings is 2. The fourth-order valence-corrected chi connectivity index (χ4v) is 3.41. The maximum Gasteiger partial charge on any atom is 0.275 e. The highest BCUT2D eigenvalue weighted by Crippen LogP contribution is 2.25. The molecule has 0 aliphatic heterocycles. The summed E-state index contributed by atoms with van der Waals surface area (Å²) >= 11 is 7.23. The molecular formula is C20H17ClN4O3S. The predicted molar refractivity (Wildman–Crippen MR) is 113 cm³/mol. The predicted octanol–water partition coefficient (Wildman–Crippen LogP) is 3.32. The Morgan fingerprint density at radius 2 is 1.76 bits per heavy atom. The van der Waals surface area contributed by atoms with E-state index in [1.165, 1.54) is 11.3 Å². The van der Waals surface area contributed by atoms with Crippen LogP contribution < -0.4 is 16.4 Å². The van der Waals surface area contributed by atoms with Crippen molar-refractivity contribution in [3.8, 4) is 10.6 Å². The van der Waals surface area contributed by atoms with Gasteiger partial charge in [-0.3, -0.25) is 14.4 Å². The summed E-state index contributed by atoms with van der Waals surface area (Å²) in [6, 6.07) is 13.7. The zero-order valence-corrected chi connectivity index (χ0v) is 16.7. The second kappa shape index (κ2) is 9.31. The molecule has 3 rings (SSSR count). The number of carbonyl (C=O) groups is 3. The summed E-state index contributed by atoms with van der Waals surface area (Å²) in [5, 5.41) is 8.26. The van der Waals surface area contributed by atoms with Crippen LogP contribution in [0, 0.1) is 0 Å². The number of carbonyl (C=O) groups excluding carboxylic acids is 3. The van der Waals surface area contributed by atoms with Crippen LogP contribution in [-0.4, -0.2) is 29.3 Å². The number of amides is 3. The van der Waals surface area contributed by atoms with Gasteiger partial charge in [0.05, 0.1) is 11.3 Å². The Hall–Kier alpha value is -3.23. The van der Waals surface area contributed by atoms with Crippen molar-refractivity contribution in [3.05, 3.63) is 70.2 Å². The number of hydrogen-bond acceptors (Lipinski definition) is 5. The number of nitrogens with zero attached hydrogens (tertiary/aromatic N) is 1. The lowest BCUT2D eigenvalue weighted by molar-refractivity contribution is -0.117. The lowest BCUT2D eigenvalue weighted by atomic mass is 10.1. The molecule has 1 heterocycles. The highest BCUT2D eigenvalue weighted by Gasteiger charge is 2.16. The summed E-state index contributed by atoms with van der Waals surface area (Å²) in [5.74, 6) is -1.35. The summed E-state index contributed by atoms with van der Waals surface area (Å²) < 4.78 is 0. The Kier molecular flexibility index (Phi) is 6.58. The van der Waals surface area contributed by atoms with E-state index < -0.39 is 17.7 Å². The van der Waals surface area contributed by atoms with Gasteiger partial charge in [0.15, 0.2) is 0 Å². The van der Waals surface area contributed by atoms with E-state index in [0.717, 1.165) is 5.56 Å². The fourth-order valence-electron chi connectivity index (χ4n) is 2.47. The second-order valence-electron chi connectivity index (χ2n) is 6.02. The van der Waals surface area contributed by atoms with Crippen molar-refractivity contribution in [2.75, 3.05) is 11.9 Å². The van der Waals surface area contributed by atoms with Crippen LogP contribution in [0.5, 0.6) is 0 Å². The van der Waals surface area contributed by atoms with Crippen molar-refractivity contribution < 1.29 is 14.4 Å². The van der Waals surface area contributed by atoms with Gasteiger partial charge in [0.2, 0.25) is 5.91 Å². The minimum Gasteiger partial charge on any atom is -0.370 e. The number of para-hydroxylation sites is 1. The third kappa shape index (κ3) is 5.40. The van der Waals surface area contributed by atoms with E-state index in [1.807, 2.05) is 12.1 Å². The van der Waals surface area contributed by atoms with E-state index in [9.17, 15) is 14.4 Å². The molecule has 0 radical (unpaired) electrons. The molecule has 0 spiro atoms. The van der Waals surface area contributed by atoms with Gasteiger partial charge in [0.25, 0.3) is 11.8 Å². The molecule has 0 fully saturated rings. The maximum absolute atomic E-state index is 12.6. The molecule has 0 saturated carbocycles. The van der Waals surface area contributed by atoms with Crippen LogP contribution in [0.4, 0.5) is 5.69 Å². The number of nitrogens with two attached hydrogens (primary N) is 1. The van der Waals surface area contributed by atoms with Crippen LogP contribution >= 0.6 is 22.9 Å². The summed E-state index contributed by atoms with van der Waals surface area (Å²) in [6.45, 7) is 0.118. The van der Waals surface area contributed by atoms with Crippen molar-refractivity contribution in [1.29, 1.82) is 0 Å². The van der Waals surface area contributed by atoms with E-state index in [-0.39, 0.29) is 24.2 Å². The van der Waals surface area contributed by atoms with Crippen molar-refractivity contribution in [2.24, 2.45) is 5.73 Å². The lowest BCUT2D eigenvalue weighted by Gasteiger charge is -2.10. The van der Waals surface area contributed by atoms with E-state index in [1.54, 1.807) is 41.8 Å². The first kappa shape index (κ1) is 20.5. The summed E-state index contributed by atoms with van der Waals surface area (Å²) in [4.78, 5) is 40.1. The SMILES string of the molecule is NC(=O)CCNC(=O)c1ccccc1NC(=O)c1csc(-c2ccc(Cl)cc2)n1. The Bertz CT molecular complexity index is 1050. The smallest absolute Gasteiger partial charge is 0.275 e. The Morgan fingerprint density at radius 3 is 2.48 bits per heavy atom. The van der Waals surface area contributed by atoms with E-state index in [0.29, 0.717) is 15.7 Å². The number of nitrogens with one attached hydrogen (secondary N) is 2. The van der Waals surface area contributed by atoms with Gasteiger partial charge >= 0.3 is 0 Å². The number of thiazole rings is 1. The quantitative estimate of drug-likeness (QED) is 0.535.